The second-order valence-corrected chi connectivity index (χ2v) is 4.64. The summed E-state index contributed by atoms with van der Waals surface area (Å²) in [5.74, 6) is 0.771. The summed E-state index contributed by atoms with van der Waals surface area (Å²) < 4.78 is 5.75. The molecule has 1 heterocycles. The molecule has 0 saturated heterocycles. The SMILES string of the molecule is CCC(O)c1ccc(OC(C)C)c2ncccc12. The Morgan fingerprint density at radius 2 is 2.06 bits per heavy atom. The van der Waals surface area contributed by atoms with Crippen molar-refractivity contribution >= 4 is 10.9 Å². The Balaban J connectivity index is 2.58. The Morgan fingerprint density at radius 3 is 2.72 bits per heavy atom. The maximum Gasteiger partial charge on any atom is 0.145 e. The Kier molecular flexibility index (Phi) is 3.82. The van der Waals surface area contributed by atoms with Gasteiger partial charge in [0.15, 0.2) is 0 Å². The highest BCUT2D eigenvalue weighted by Crippen LogP contribution is 2.31. The molecule has 0 aliphatic rings. The van der Waals surface area contributed by atoms with Gasteiger partial charge < -0.3 is 9.84 Å². The van der Waals surface area contributed by atoms with Crippen LogP contribution < -0.4 is 4.74 Å². The number of aromatic nitrogens is 1. The first kappa shape index (κ1) is 12.8. The molecule has 0 spiro atoms. The molecule has 2 aromatic rings. The number of nitrogens with zero attached hydrogens (tertiary/aromatic N) is 1. The fourth-order valence-corrected chi connectivity index (χ4v) is 2.03. The zero-order valence-electron chi connectivity index (χ0n) is 11.1. The van der Waals surface area contributed by atoms with Crippen LogP contribution in [0.15, 0.2) is 30.5 Å². The van der Waals surface area contributed by atoms with Crippen molar-refractivity contribution < 1.29 is 9.84 Å². The highest BCUT2D eigenvalue weighted by molar-refractivity contribution is 5.87. The van der Waals surface area contributed by atoms with Crippen LogP contribution in [0.2, 0.25) is 0 Å². The standard InChI is InChI=1S/C15H19NO2/c1-4-13(17)11-7-8-14(18-10(2)3)15-12(11)6-5-9-16-15/h5-10,13,17H,4H2,1-3H3. The third kappa shape index (κ3) is 2.46. The maximum absolute atomic E-state index is 10.0. The predicted octanol–water partition coefficient (Wildman–Crippen LogP) is 3.47. The smallest absolute Gasteiger partial charge is 0.145 e. The van der Waals surface area contributed by atoms with Crippen molar-refractivity contribution in [1.29, 1.82) is 0 Å². The number of fused-ring (bicyclic) bond motifs is 1. The molecular weight excluding hydrogens is 226 g/mol. The fraction of sp³-hybridized carbons (Fsp3) is 0.400. The number of aliphatic hydroxyl groups excluding tert-OH is 1. The summed E-state index contributed by atoms with van der Waals surface area (Å²) in [4.78, 5) is 4.38. The summed E-state index contributed by atoms with van der Waals surface area (Å²) in [6.45, 7) is 5.94. The quantitative estimate of drug-likeness (QED) is 0.896. The van der Waals surface area contributed by atoms with E-state index >= 15 is 0 Å². The highest BCUT2D eigenvalue weighted by Gasteiger charge is 2.13. The van der Waals surface area contributed by atoms with Crippen molar-refractivity contribution in [2.75, 3.05) is 0 Å². The van der Waals surface area contributed by atoms with Gasteiger partial charge in [-0.15, -0.1) is 0 Å². The molecule has 0 amide bonds. The lowest BCUT2D eigenvalue weighted by Gasteiger charge is -2.16. The van der Waals surface area contributed by atoms with E-state index in [0.717, 1.165) is 22.2 Å². The summed E-state index contributed by atoms with van der Waals surface area (Å²) >= 11 is 0. The van der Waals surface area contributed by atoms with Gasteiger partial charge in [-0.05, 0) is 38.0 Å². The third-order valence-electron chi connectivity index (χ3n) is 2.87. The van der Waals surface area contributed by atoms with Crippen molar-refractivity contribution in [2.45, 2.75) is 39.4 Å². The van der Waals surface area contributed by atoms with Gasteiger partial charge >= 0.3 is 0 Å². The minimum absolute atomic E-state index is 0.108. The number of hydrogen-bond acceptors (Lipinski definition) is 3. The maximum atomic E-state index is 10.0. The molecule has 1 atom stereocenters. The number of rotatable bonds is 4. The third-order valence-corrected chi connectivity index (χ3v) is 2.87. The van der Waals surface area contributed by atoms with Gasteiger partial charge in [0.1, 0.15) is 11.3 Å². The lowest BCUT2D eigenvalue weighted by Crippen LogP contribution is -2.07. The second-order valence-electron chi connectivity index (χ2n) is 4.64. The number of hydrogen-bond donors (Lipinski definition) is 1. The van der Waals surface area contributed by atoms with E-state index in [-0.39, 0.29) is 6.10 Å². The topological polar surface area (TPSA) is 42.4 Å². The first-order valence-corrected chi connectivity index (χ1v) is 6.35. The largest absolute Gasteiger partial charge is 0.489 e. The Bertz CT molecular complexity index is 537. The molecule has 3 nitrogen and oxygen atoms in total. The Morgan fingerprint density at radius 1 is 1.28 bits per heavy atom. The van der Waals surface area contributed by atoms with Gasteiger partial charge in [-0.2, -0.15) is 0 Å². The molecule has 0 fully saturated rings. The molecule has 1 aromatic carbocycles. The molecule has 1 aromatic heterocycles. The number of benzene rings is 1. The molecular formula is C15H19NO2. The van der Waals surface area contributed by atoms with Gasteiger partial charge in [0.2, 0.25) is 0 Å². The summed E-state index contributed by atoms with van der Waals surface area (Å²) in [5.41, 5.74) is 1.73. The molecule has 0 radical (unpaired) electrons. The molecule has 18 heavy (non-hydrogen) atoms. The summed E-state index contributed by atoms with van der Waals surface area (Å²) in [7, 11) is 0. The molecule has 2 rings (SSSR count). The second kappa shape index (κ2) is 5.36. The van der Waals surface area contributed by atoms with E-state index < -0.39 is 6.10 Å². The molecule has 0 aliphatic carbocycles. The van der Waals surface area contributed by atoms with Gasteiger partial charge in [-0.25, -0.2) is 0 Å². The van der Waals surface area contributed by atoms with Crippen LogP contribution in [-0.4, -0.2) is 16.2 Å². The molecule has 1 N–H and O–H groups in total. The van der Waals surface area contributed by atoms with Crippen molar-refractivity contribution in [3.05, 3.63) is 36.0 Å². The van der Waals surface area contributed by atoms with Crippen molar-refractivity contribution in [3.8, 4) is 5.75 Å². The van der Waals surface area contributed by atoms with Crippen molar-refractivity contribution in [3.63, 3.8) is 0 Å². The molecule has 3 heteroatoms. The predicted molar refractivity (Wildman–Crippen MR) is 72.8 cm³/mol. The molecule has 0 bridgehead atoms. The normalized spacial score (nSPS) is 12.9. The zero-order valence-corrected chi connectivity index (χ0v) is 11.1. The van der Waals surface area contributed by atoms with Gasteiger partial charge in [-0.1, -0.05) is 19.1 Å². The van der Waals surface area contributed by atoms with Crippen LogP contribution in [0, 0.1) is 0 Å². The summed E-state index contributed by atoms with van der Waals surface area (Å²) in [5, 5.41) is 11.0. The minimum Gasteiger partial charge on any atom is -0.489 e. The highest BCUT2D eigenvalue weighted by atomic mass is 16.5. The average Bonchev–Trinajstić information content (AvgIpc) is 2.38. The fourth-order valence-electron chi connectivity index (χ4n) is 2.03. The number of aliphatic hydroxyl groups is 1. The van der Waals surface area contributed by atoms with E-state index in [4.69, 9.17) is 4.74 Å². The van der Waals surface area contributed by atoms with E-state index in [0.29, 0.717) is 6.42 Å². The van der Waals surface area contributed by atoms with Crippen LogP contribution in [-0.2, 0) is 0 Å². The lowest BCUT2D eigenvalue weighted by atomic mass is 10.0. The van der Waals surface area contributed by atoms with Crippen LogP contribution in [0.4, 0.5) is 0 Å². The molecule has 0 aliphatic heterocycles. The number of ether oxygens (including phenoxy) is 1. The van der Waals surface area contributed by atoms with E-state index in [1.165, 1.54) is 0 Å². The first-order chi connectivity index (χ1) is 8.63. The molecule has 96 valence electrons. The Labute approximate surface area is 107 Å². The van der Waals surface area contributed by atoms with Crippen LogP contribution >= 0.6 is 0 Å². The van der Waals surface area contributed by atoms with Crippen molar-refractivity contribution in [2.24, 2.45) is 0 Å². The van der Waals surface area contributed by atoms with Gasteiger partial charge in [0, 0.05) is 11.6 Å². The van der Waals surface area contributed by atoms with Gasteiger partial charge in [-0.3, -0.25) is 4.98 Å². The van der Waals surface area contributed by atoms with Crippen LogP contribution in [0.3, 0.4) is 0 Å². The Hall–Kier alpha value is -1.61. The lowest BCUT2D eigenvalue weighted by molar-refractivity contribution is 0.175. The van der Waals surface area contributed by atoms with E-state index in [1.54, 1.807) is 6.20 Å². The summed E-state index contributed by atoms with van der Waals surface area (Å²) in [6.07, 6.45) is 2.09. The van der Waals surface area contributed by atoms with E-state index in [1.807, 2.05) is 45.0 Å². The van der Waals surface area contributed by atoms with E-state index in [2.05, 4.69) is 4.98 Å². The molecule has 0 saturated carbocycles. The van der Waals surface area contributed by atoms with E-state index in [9.17, 15) is 5.11 Å². The first-order valence-electron chi connectivity index (χ1n) is 6.35. The molecule has 1 unspecified atom stereocenters. The summed E-state index contributed by atoms with van der Waals surface area (Å²) in [6, 6.07) is 7.68. The number of pyridine rings is 1. The minimum atomic E-state index is -0.454. The zero-order chi connectivity index (χ0) is 13.1. The average molecular weight is 245 g/mol. The van der Waals surface area contributed by atoms with Crippen LogP contribution in [0.1, 0.15) is 38.9 Å². The van der Waals surface area contributed by atoms with Gasteiger partial charge in [0.05, 0.1) is 12.2 Å². The van der Waals surface area contributed by atoms with Crippen LogP contribution in [0.5, 0.6) is 5.75 Å². The van der Waals surface area contributed by atoms with Crippen LogP contribution in [0.25, 0.3) is 10.9 Å². The van der Waals surface area contributed by atoms with Gasteiger partial charge in [0.25, 0.3) is 0 Å². The van der Waals surface area contributed by atoms with Crippen molar-refractivity contribution in [1.82, 2.24) is 4.98 Å². The monoisotopic (exact) mass is 245 g/mol.